The molecule has 21 heavy (non-hydrogen) atoms. The third kappa shape index (κ3) is 3.13. The summed E-state index contributed by atoms with van der Waals surface area (Å²) in [6.07, 6.45) is -4.90. The molecule has 1 heterocycles. The molecular formula is C12H9F5N2O2. The van der Waals surface area contributed by atoms with Crippen molar-refractivity contribution in [1.29, 1.82) is 0 Å². The van der Waals surface area contributed by atoms with E-state index in [2.05, 4.69) is 9.84 Å². The standard InChI is InChI=1S/C12H9F5N2O2/c13-11(14)21-10-8(6-20)9(12(15,16)17)18-19(10)7-4-2-1-3-5-7/h1-5,11,20H,6H2. The van der Waals surface area contributed by atoms with Crippen LogP contribution in [0.1, 0.15) is 11.3 Å². The average Bonchev–Trinajstić information content (AvgIpc) is 2.77. The number of halogens is 5. The molecule has 0 radical (unpaired) electrons. The summed E-state index contributed by atoms with van der Waals surface area (Å²) < 4.78 is 68.1. The molecule has 114 valence electrons. The molecule has 0 bridgehead atoms. The maximum absolute atomic E-state index is 12.9. The normalized spacial score (nSPS) is 12.0. The Balaban J connectivity index is 2.66. The Morgan fingerprint density at radius 2 is 1.81 bits per heavy atom. The lowest BCUT2D eigenvalue weighted by atomic mass is 10.2. The first-order valence-corrected chi connectivity index (χ1v) is 5.64. The van der Waals surface area contributed by atoms with Crippen LogP contribution in [0.3, 0.4) is 0 Å². The number of nitrogens with zero attached hydrogens (tertiary/aromatic N) is 2. The molecule has 0 amide bonds. The van der Waals surface area contributed by atoms with Crippen molar-refractivity contribution in [3.8, 4) is 11.6 Å². The fraction of sp³-hybridized carbons (Fsp3) is 0.250. The summed E-state index contributed by atoms with van der Waals surface area (Å²) in [6.45, 7) is -4.49. The molecule has 0 aliphatic rings. The number of aliphatic hydroxyl groups excluding tert-OH is 1. The molecule has 4 nitrogen and oxygen atoms in total. The predicted octanol–water partition coefficient (Wildman–Crippen LogP) is 2.98. The molecule has 0 unspecified atom stereocenters. The lowest BCUT2D eigenvalue weighted by Gasteiger charge is -2.09. The zero-order valence-corrected chi connectivity index (χ0v) is 10.3. The summed E-state index contributed by atoms with van der Waals surface area (Å²) in [6, 6.07) is 7.32. The number of aliphatic hydroxyl groups is 1. The monoisotopic (exact) mass is 308 g/mol. The molecule has 0 saturated carbocycles. The fourth-order valence-electron chi connectivity index (χ4n) is 1.75. The third-order valence-corrected chi connectivity index (χ3v) is 2.56. The van der Waals surface area contributed by atoms with Gasteiger partial charge in [0.05, 0.1) is 17.9 Å². The molecule has 2 aromatic rings. The van der Waals surface area contributed by atoms with Crippen molar-refractivity contribution in [3.63, 3.8) is 0 Å². The van der Waals surface area contributed by atoms with Gasteiger partial charge in [-0.3, -0.25) is 0 Å². The lowest BCUT2D eigenvalue weighted by molar-refractivity contribution is -0.142. The minimum atomic E-state index is -4.90. The van der Waals surface area contributed by atoms with Gasteiger partial charge in [0, 0.05) is 0 Å². The van der Waals surface area contributed by atoms with Gasteiger partial charge in [0.25, 0.3) is 0 Å². The molecule has 0 aliphatic carbocycles. The van der Waals surface area contributed by atoms with Crippen molar-refractivity contribution < 1.29 is 31.8 Å². The van der Waals surface area contributed by atoms with Crippen LogP contribution in [-0.2, 0) is 12.8 Å². The van der Waals surface area contributed by atoms with E-state index in [9.17, 15) is 22.0 Å². The number of aromatic nitrogens is 2. The highest BCUT2D eigenvalue weighted by Crippen LogP contribution is 2.37. The first-order valence-electron chi connectivity index (χ1n) is 5.64. The quantitative estimate of drug-likeness (QED) is 0.883. The Bertz CT molecular complexity index is 610. The molecule has 1 aromatic heterocycles. The van der Waals surface area contributed by atoms with Gasteiger partial charge in [-0.05, 0) is 12.1 Å². The van der Waals surface area contributed by atoms with E-state index >= 15 is 0 Å². The van der Waals surface area contributed by atoms with Crippen molar-refractivity contribution in [2.75, 3.05) is 0 Å². The van der Waals surface area contributed by atoms with Crippen molar-refractivity contribution in [2.45, 2.75) is 19.4 Å². The van der Waals surface area contributed by atoms with Crippen molar-refractivity contribution in [2.24, 2.45) is 0 Å². The zero-order chi connectivity index (χ0) is 15.6. The number of hydrogen-bond acceptors (Lipinski definition) is 3. The summed E-state index contributed by atoms with van der Waals surface area (Å²) in [7, 11) is 0. The minimum Gasteiger partial charge on any atom is -0.416 e. The summed E-state index contributed by atoms with van der Waals surface area (Å²) in [4.78, 5) is 0. The van der Waals surface area contributed by atoms with Crippen LogP contribution in [0.4, 0.5) is 22.0 Å². The van der Waals surface area contributed by atoms with Crippen molar-refractivity contribution >= 4 is 0 Å². The largest absolute Gasteiger partial charge is 0.435 e. The second-order valence-electron chi connectivity index (χ2n) is 3.91. The Hall–Kier alpha value is -2.16. The highest BCUT2D eigenvalue weighted by molar-refractivity contribution is 5.42. The Morgan fingerprint density at radius 1 is 1.19 bits per heavy atom. The average molecular weight is 308 g/mol. The third-order valence-electron chi connectivity index (χ3n) is 2.56. The lowest BCUT2D eigenvalue weighted by Crippen LogP contribution is -2.10. The second-order valence-corrected chi connectivity index (χ2v) is 3.91. The Kier molecular flexibility index (Phi) is 4.12. The van der Waals surface area contributed by atoms with Gasteiger partial charge in [-0.25, -0.2) is 4.68 Å². The molecule has 1 N–H and O–H groups in total. The highest BCUT2D eigenvalue weighted by Gasteiger charge is 2.40. The SMILES string of the molecule is OCc1c(C(F)(F)F)nn(-c2ccccc2)c1OC(F)F. The van der Waals surface area contributed by atoms with Gasteiger partial charge in [-0.1, -0.05) is 18.2 Å². The first-order chi connectivity index (χ1) is 9.84. The van der Waals surface area contributed by atoms with E-state index in [1.807, 2.05) is 0 Å². The maximum Gasteiger partial charge on any atom is 0.435 e. The van der Waals surface area contributed by atoms with Crippen LogP contribution in [0.2, 0.25) is 0 Å². The number of benzene rings is 1. The van der Waals surface area contributed by atoms with Gasteiger partial charge in [-0.15, -0.1) is 0 Å². The number of hydrogen-bond donors (Lipinski definition) is 1. The maximum atomic E-state index is 12.9. The molecule has 9 heteroatoms. The first kappa shape index (κ1) is 15.2. The van der Waals surface area contributed by atoms with Crippen molar-refractivity contribution in [3.05, 3.63) is 41.6 Å². The summed E-state index contributed by atoms with van der Waals surface area (Å²) in [5.41, 5.74) is -2.21. The van der Waals surface area contributed by atoms with Crippen molar-refractivity contribution in [1.82, 2.24) is 9.78 Å². The van der Waals surface area contributed by atoms with Crippen LogP contribution in [0.5, 0.6) is 5.88 Å². The highest BCUT2D eigenvalue weighted by atomic mass is 19.4. The summed E-state index contributed by atoms with van der Waals surface area (Å²) >= 11 is 0. The molecular weight excluding hydrogens is 299 g/mol. The van der Waals surface area contributed by atoms with Gasteiger partial charge in [0.15, 0.2) is 5.69 Å². The van der Waals surface area contributed by atoms with Gasteiger partial charge < -0.3 is 9.84 Å². The smallest absolute Gasteiger partial charge is 0.416 e. The second kappa shape index (κ2) is 5.68. The van der Waals surface area contributed by atoms with E-state index < -0.39 is 36.5 Å². The number of para-hydroxylation sites is 1. The minimum absolute atomic E-state index is 0.0957. The summed E-state index contributed by atoms with van der Waals surface area (Å²) in [5.74, 6) is -0.842. The summed E-state index contributed by atoms with van der Waals surface area (Å²) in [5, 5.41) is 12.3. The van der Waals surface area contributed by atoms with Gasteiger partial charge >= 0.3 is 12.8 Å². The van der Waals surface area contributed by atoms with Crippen LogP contribution in [0.15, 0.2) is 30.3 Å². The Labute approximate surface area is 115 Å². The Morgan fingerprint density at radius 3 is 2.29 bits per heavy atom. The fourth-order valence-corrected chi connectivity index (χ4v) is 1.75. The molecule has 0 saturated heterocycles. The number of rotatable bonds is 4. The van der Waals surface area contributed by atoms with E-state index in [-0.39, 0.29) is 5.69 Å². The number of alkyl halides is 5. The van der Waals surface area contributed by atoms with Crippen LogP contribution in [0, 0.1) is 0 Å². The van der Waals surface area contributed by atoms with Gasteiger partial charge in [0.2, 0.25) is 5.88 Å². The molecule has 0 atom stereocenters. The van der Waals surface area contributed by atoms with Crippen LogP contribution < -0.4 is 4.74 Å². The molecule has 0 aliphatic heterocycles. The molecule has 0 fully saturated rings. The van der Waals surface area contributed by atoms with Gasteiger partial charge in [0.1, 0.15) is 0 Å². The molecule has 0 spiro atoms. The predicted molar refractivity (Wildman–Crippen MR) is 61.1 cm³/mol. The van der Waals surface area contributed by atoms with E-state index in [1.165, 1.54) is 24.3 Å². The van der Waals surface area contributed by atoms with Crippen LogP contribution in [0.25, 0.3) is 5.69 Å². The van der Waals surface area contributed by atoms with E-state index in [4.69, 9.17) is 5.11 Å². The zero-order valence-electron chi connectivity index (χ0n) is 10.3. The molecule has 2 rings (SSSR count). The van der Waals surface area contributed by atoms with Crippen LogP contribution >= 0.6 is 0 Å². The topological polar surface area (TPSA) is 47.3 Å². The van der Waals surface area contributed by atoms with E-state index in [1.54, 1.807) is 6.07 Å². The number of ether oxygens (including phenoxy) is 1. The molecule has 1 aromatic carbocycles. The van der Waals surface area contributed by atoms with E-state index in [0.717, 1.165) is 0 Å². The van der Waals surface area contributed by atoms with Crippen LogP contribution in [-0.4, -0.2) is 21.5 Å². The van der Waals surface area contributed by atoms with E-state index in [0.29, 0.717) is 4.68 Å². The van der Waals surface area contributed by atoms with Gasteiger partial charge in [-0.2, -0.15) is 27.1 Å².